The Bertz CT molecular complexity index is 476. The van der Waals surface area contributed by atoms with Gasteiger partial charge >= 0.3 is 0 Å². The highest BCUT2D eigenvalue weighted by molar-refractivity contribution is 5.28. The van der Waals surface area contributed by atoms with E-state index in [1.165, 1.54) is 31.7 Å². The van der Waals surface area contributed by atoms with E-state index < -0.39 is 6.10 Å². The Labute approximate surface area is 120 Å². The average molecular weight is 277 g/mol. The van der Waals surface area contributed by atoms with Crippen LogP contribution in [0.2, 0.25) is 0 Å². The predicted molar refractivity (Wildman–Crippen MR) is 78.1 cm³/mol. The van der Waals surface area contributed by atoms with Gasteiger partial charge in [-0.2, -0.15) is 0 Å². The number of rotatable bonds is 3. The van der Waals surface area contributed by atoms with Crippen LogP contribution < -0.4 is 0 Å². The molecule has 1 aromatic carbocycles. The van der Waals surface area contributed by atoms with Crippen molar-refractivity contribution >= 4 is 0 Å². The molecule has 0 aromatic heterocycles. The highest BCUT2D eigenvalue weighted by Gasteiger charge is 2.46. The third kappa shape index (κ3) is 2.27. The average Bonchev–Trinajstić information content (AvgIpc) is 3.12. The summed E-state index contributed by atoms with van der Waals surface area (Å²) in [7, 11) is 0. The normalized spacial score (nSPS) is 24.1. The number of aliphatic hydroxyl groups is 1. The molecule has 1 heterocycles. The summed E-state index contributed by atoms with van der Waals surface area (Å²) < 4.78 is 13.4. The number of aliphatic hydroxyl groups excluding tert-OH is 1. The van der Waals surface area contributed by atoms with Crippen LogP contribution in [0.25, 0.3) is 0 Å². The van der Waals surface area contributed by atoms with E-state index in [0.29, 0.717) is 5.56 Å². The van der Waals surface area contributed by atoms with Gasteiger partial charge in [0.25, 0.3) is 0 Å². The molecule has 20 heavy (non-hydrogen) atoms. The van der Waals surface area contributed by atoms with Crippen LogP contribution in [0, 0.1) is 12.7 Å². The van der Waals surface area contributed by atoms with Crippen molar-refractivity contribution in [1.29, 1.82) is 0 Å². The molecular weight excluding hydrogens is 253 g/mol. The van der Waals surface area contributed by atoms with Gasteiger partial charge in [-0.15, -0.1) is 0 Å². The van der Waals surface area contributed by atoms with Crippen molar-refractivity contribution in [3.8, 4) is 0 Å². The maximum Gasteiger partial charge on any atom is 0.126 e. The molecule has 1 unspecified atom stereocenters. The molecule has 1 saturated carbocycles. The summed E-state index contributed by atoms with van der Waals surface area (Å²) in [6.07, 6.45) is 6.47. The number of benzene rings is 1. The van der Waals surface area contributed by atoms with Gasteiger partial charge in [0.1, 0.15) is 5.82 Å². The lowest BCUT2D eigenvalue weighted by Crippen LogP contribution is -2.49. The number of nitrogens with zero attached hydrogens (tertiary/aromatic N) is 1. The second-order valence-corrected chi connectivity index (χ2v) is 6.42. The second kappa shape index (κ2) is 5.45. The highest BCUT2D eigenvalue weighted by Crippen LogP contribution is 2.46. The predicted octanol–water partition coefficient (Wildman–Crippen LogP) is 3.58. The van der Waals surface area contributed by atoms with Crippen LogP contribution in [0.5, 0.6) is 0 Å². The fourth-order valence-corrected chi connectivity index (χ4v) is 4.06. The van der Waals surface area contributed by atoms with E-state index >= 15 is 0 Å². The van der Waals surface area contributed by atoms with Crippen molar-refractivity contribution in [3.05, 3.63) is 35.1 Å². The van der Waals surface area contributed by atoms with Crippen LogP contribution in [-0.4, -0.2) is 28.6 Å². The van der Waals surface area contributed by atoms with Crippen LogP contribution in [0.4, 0.5) is 4.39 Å². The lowest BCUT2D eigenvalue weighted by molar-refractivity contribution is -0.0196. The van der Waals surface area contributed by atoms with Gasteiger partial charge in [0.15, 0.2) is 0 Å². The molecule has 1 saturated heterocycles. The van der Waals surface area contributed by atoms with Crippen molar-refractivity contribution in [2.24, 2.45) is 0 Å². The minimum absolute atomic E-state index is 0.110. The van der Waals surface area contributed by atoms with E-state index in [1.807, 2.05) is 6.07 Å². The Morgan fingerprint density at radius 3 is 2.40 bits per heavy atom. The van der Waals surface area contributed by atoms with Gasteiger partial charge in [0.05, 0.1) is 11.6 Å². The molecule has 2 aliphatic rings. The summed E-state index contributed by atoms with van der Waals surface area (Å²) in [6, 6.07) is 5.06. The van der Waals surface area contributed by atoms with Gasteiger partial charge in [0, 0.05) is 0 Å². The van der Waals surface area contributed by atoms with E-state index in [-0.39, 0.29) is 11.4 Å². The standard InChI is InChI=1S/C17H24FNO/c1-13-12-14(6-7-15(13)18)16(20)17(8-2-3-9-17)19-10-4-5-11-19/h6-7,12,16,20H,2-5,8-11H2,1H3. The van der Waals surface area contributed by atoms with Gasteiger partial charge in [-0.3, -0.25) is 4.90 Å². The third-order valence-corrected chi connectivity index (χ3v) is 5.21. The summed E-state index contributed by atoms with van der Waals surface area (Å²) in [4.78, 5) is 2.49. The molecule has 1 N–H and O–H groups in total. The Balaban J connectivity index is 1.92. The van der Waals surface area contributed by atoms with Crippen LogP contribution in [-0.2, 0) is 0 Å². The summed E-state index contributed by atoms with van der Waals surface area (Å²) >= 11 is 0. The van der Waals surface area contributed by atoms with E-state index in [1.54, 1.807) is 13.0 Å². The summed E-state index contributed by atoms with van der Waals surface area (Å²) in [5.41, 5.74) is 1.38. The van der Waals surface area contributed by atoms with Crippen LogP contribution in [0.15, 0.2) is 18.2 Å². The number of halogens is 1. The van der Waals surface area contributed by atoms with Gasteiger partial charge in [-0.25, -0.2) is 4.39 Å². The van der Waals surface area contributed by atoms with E-state index in [9.17, 15) is 9.50 Å². The van der Waals surface area contributed by atoms with Crippen molar-refractivity contribution in [1.82, 2.24) is 4.90 Å². The molecule has 1 aromatic rings. The molecule has 1 aliphatic heterocycles. The van der Waals surface area contributed by atoms with Gasteiger partial charge in [-0.05, 0) is 62.9 Å². The Morgan fingerprint density at radius 2 is 1.80 bits per heavy atom. The largest absolute Gasteiger partial charge is 0.386 e. The zero-order chi connectivity index (χ0) is 14.2. The van der Waals surface area contributed by atoms with E-state index in [0.717, 1.165) is 31.5 Å². The Kier molecular flexibility index (Phi) is 3.83. The van der Waals surface area contributed by atoms with Gasteiger partial charge < -0.3 is 5.11 Å². The monoisotopic (exact) mass is 277 g/mol. The molecule has 2 nitrogen and oxygen atoms in total. The van der Waals surface area contributed by atoms with Crippen molar-refractivity contribution in [2.45, 2.75) is 57.1 Å². The van der Waals surface area contributed by atoms with Crippen molar-refractivity contribution in [2.75, 3.05) is 13.1 Å². The first kappa shape index (κ1) is 14.0. The zero-order valence-electron chi connectivity index (χ0n) is 12.2. The summed E-state index contributed by atoms with van der Waals surface area (Å²) in [6.45, 7) is 3.96. The molecule has 110 valence electrons. The molecule has 0 radical (unpaired) electrons. The quantitative estimate of drug-likeness (QED) is 0.913. The molecule has 1 atom stereocenters. The first-order valence-corrected chi connectivity index (χ1v) is 7.83. The Hall–Kier alpha value is -0.930. The third-order valence-electron chi connectivity index (χ3n) is 5.21. The maximum absolute atomic E-state index is 13.4. The molecular formula is C17H24FNO. The van der Waals surface area contributed by atoms with Gasteiger partial charge in [0.2, 0.25) is 0 Å². The molecule has 0 bridgehead atoms. The number of hydrogen-bond acceptors (Lipinski definition) is 2. The Morgan fingerprint density at radius 1 is 1.15 bits per heavy atom. The minimum atomic E-state index is -0.498. The topological polar surface area (TPSA) is 23.5 Å². The van der Waals surface area contributed by atoms with Gasteiger partial charge in [-0.1, -0.05) is 25.0 Å². The first-order chi connectivity index (χ1) is 9.63. The molecule has 0 amide bonds. The molecule has 2 fully saturated rings. The van der Waals surface area contributed by atoms with E-state index in [4.69, 9.17) is 0 Å². The fourth-order valence-electron chi connectivity index (χ4n) is 4.06. The number of hydrogen-bond donors (Lipinski definition) is 1. The van der Waals surface area contributed by atoms with Crippen molar-refractivity contribution < 1.29 is 9.50 Å². The molecule has 3 heteroatoms. The summed E-state index contributed by atoms with van der Waals surface area (Å²) in [5.74, 6) is -0.192. The number of likely N-dealkylation sites (tertiary alicyclic amines) is 1. The van der Waals surface area contributed by atoms with Crippen LogP contribution in [0.1, 0.15) is 55.8 Å². The SMILES string of the molecule is Cc1cc(C(O)C2(N3CCCC3)CCCC2)ccc1F. The maximum atomic E-state index is 13.4. The van der Waals surface area contributed by atoms with Crippen molar-refractivity contribution in [3.63, 3.8) is 0 Å². The highest BCUT2D eigenvalue weighted by atomic mass is 19.1. The molecule has 1 aliphatic carbocycles. The zero-order valence-corrected chi connectivity index (χ0v) is 12.2. The molecule has 0 spiro atoms. The summed E-state index contributed by atoms with van der Waals surface area (Å²) in [5, 5.41) is 11.0. The lowest BCUT2D eigenvalue weighted by Gasteiger charge is -2.43. The first-order valence-electron chi connectivity index (χ1n) is 7.83. The minimum Gasteiger partial charge on any atom is -0.386 e. The number of aryl methyl sites for hydroxylation is 1. The fraction of sp³-hybridized carbons (Fsp3) is 0.647. The van der Waals surface area contributed by atoms with Crippen LogP contribution in [0.3, 0.4) is 0 Å². The van der Waals surface area contributed by atoms with Crippen LogP contribution >= 0.6 is 0 Å². The van der Waals surface area contributed by atoms with E-state index in [2.05, 4.69) is 4.90 Å². The second-order valence-electron chi connectivity index (χ2n) is 6.42. The smallest absolute Gasteiger partial charge is 0.126 e. The lowest BCUT2D eigenvalue weighted by atomic mass is 9.84. The molecule has 3 rings (SSSR count).